The van der Waals surface area contributed by atoms with Crippen LogP contribution in [0.15, 0.2) is 47.3 Å². The lowest BCUT2D eigenvalue weighted by Crippen LogP contribution is -2.34. The van der Waals surface area contributed by atoms with Gasteiger partial charge in [-0.3, -0.25) is 14.4 Å². The van der Waals surface area contributed by atoms with E-state index in [9.17, 15) is 32.7 Å². The number of rotatable bonds is 9. The highest BCUT2D eigenvalue weighted by molar-refractivity contribution is 6.00. The lowest BCUT2D eigenvalue weighted by atomic mass is 9.84. The first-order chi connectivity index (χ1) is 19.6. The zero-order valence-electron chi connectivity index (χ0n) is 22.5. The Morgan fingerprint density at radius 1 is 1.00 bits per heavy atom. The highest BCUT2D eigenvalue weighted by Crippen LogP contribution is 2.40. The number of Topliss-reactive ketones (excluding diaryl/α,β-unsaturated/α-hetero) is 1. The predicted octanol–water partition coefficient (Wildman–Crippen LogP) is 5.77. The van der Waals surface area contributed by atoms with Crippen molar-refractivity contribution < 1.29 is 32.6 Å². The van der Waals surface area contributed by atoms with Gasteiger partial charge in [-0.15, -0.1) is 5.10 Å². The van der Waals surface area contributed by atoms with Crippen LogP contribution in [0.1, 0.15) is 67.3 Å². The summed E-state index contributed by atoms with van der Waals surface area (Å²) in [6.45, 7) is 0.435. The number of hydrogen-bond donors (Lipinski definition) is 1. The van der Waals surface area contributed by atoms with Gasteiger partial charge in [0.15, 0.2) is 5.78 Å². The molecule has 1 heterocycles. The molecule has 8 nitrogen and oxygen atoms in total. The summed E-state index contributed by atoms with van der Waals surface area (Å²) >= 11 is 0. The van der Waals surface area contributed by atoms with Gasteiger partial charge in [-0.25, -0.2) is 4.68 Å². The number of aromatic nitrogens is 3. The number of ether oxygens (including phenoxy) is 1. The minimum atomic E-state index is -4.64. The molecule has 1 N–H and O–H groups in total. The van der Waals surface area contributed by atoms with Gasteiger partial charge < -0.3 is 9.84 Å². The summed E-state index contributed by atoms with van der Waals surface area (Å²) in [5, 5.41) is 17.4. The Morgan fingerprint density at radius 3 is 2.41 bits per heavy atom. The molecule has 2 aromatic carbocycles. The van der Waals surface area contributed by atoms with Crippen molar-refractivity contribution in [3.63, 3.8) is 0 Å². The molecule has 218 valence electrons. The molecule has 5 rings (SSSR count). The maximum absolute atomic E-state index is 13.4. The summed E-state index contributed by atoms with van der Waals surface area (Å²) in [4.78, 5) is 38.6. The summed E-state index contributed by atoms with van der Waals surface area (Å²) in [5.74, 6) is -2.65. The van der Waals surface area contributed by atoms with Gasteiger partial charge in [0.1, 0.15) is 11.3 Å². The van der Waals surface area contributed by atoms with Crippen molar-refractivity contribution in [2.45, 2.75) is 64.1 Å². The molecule has 2 aliphatic rings. The molecule has 0 radical (unpaired) electrons. The number of carbonyl (C=O) groups excluding carboxylic acids is 1. The first kappa shape index (κ1) is 28.8. The van der Waals surface area contributed by atoms with Crippen LogP contribution in [0, 0.1) is 23.7 Å². The molecule has 2 fully saturated rings. The Hall–Kier alpha value is -3.76. The van der Waals surface area contributed by atoms with Crippen LogP contribution in [0.3, 0.4) is 0 Å². The van der Waals surface area contributed by atoms with E-state index >= 15 is 0 Å². The molecule has 3 atom stereocenters. The van der Waals surface area contributed by atoms with Gasteiger partial charge in [-0.2, -0.15) is 13.2 Å². The van der Waals surface area contributed by atoms with E-state index in [1.165, 1.54) is 32.1 Å². The molecular formula is C30H32F3N3O5. The average Bonchev–Trinajstić information content (AvgIpc) is 3.38. The van der Waals surface area contributed by atoms with Crippen LogP contribution < -0.4 is 10.3 Å². The first-order valence-electron chi connectivity index (χ1n) is 14.1. The van der Waals surface area contributed by atoms with Gasteiger partial charge in [0.05, 0.1) is 30.0 Å². The van der Waals surface area contributed by atoms with E-state index in [-0.39, 0.29) is 23.2 Å². The van der Waals surface area contributed by atoms with Crippen molar-refractivity contribution in [3.8, 4) is 5.75 Å². The fraction of sp³-hybridized carbons (Fsp3) is 0.500. The second-order valence-corrected chi connectivity index (χ2v) is 11.1. The summed E-state index contributed by atoms with van der Waals surface area (Å²) < 4.78 is 46.3. The molecule has 3 unspecified atom stereocenters. The zero-order chi connectivity index (χ0) is 29.1. The number of carboxylic acids is 1. The monoisotopic (exact) mass is 571 g/mol. The number of halogens is 3. The van der Waals surface area contributed by atoms with E-state index in [1.807, 2.05) is 0 Å². The molecule has 0 bridgehead atoms. The molecule has 2 saturated carbocycles. The lowest BCUT2D eigenvalue weighted by molar-refractivity contribution is -0.144. The van der Waals surface area contributed by atoms with Crippen molar-refractivity contribution in [3.05, 3.63) is 63.9 Å². The van der Waals surface area contributed by atoms with E-state index in [1.54, 1.807) is 24.3 Å². The van der Waals surface area contributed by atoms with Gasteiger partial charge in [0.25, 0.3) is 5.56 Å². The average molecular weight is 572 g/mol. The molecule has 0 saturated heterocycles. The second-order valence-electron chi connectivity index (χ2n) is 11.1. The van der Waals surface area contributed by atoms with E-state index in [0.717, 1.165) is 29.3 Å². The molecule has 2 aliphatic carbocycles. The van der Waals surface area contributed by atoms with Crippen LogP contribution in [0.25, 0.3) is 10.9 Å². The number of fused-ring (bicyclic) bond motifs is 1. The number of benzene rings is 2. The highest BCUT2D eigenvalue weighted by Gasteiger charge is 2.45. The predicted molar refractivity (Wildman–Crippen MR) is 144 cm³/mol. The van der Waals surface area contributed by atoms with Crippen LogP contribution in [0.4, 0.5) is 13.2 Å². The standard InChI is InChI=1S/C30H32F3N3O5/c31-30(32,33)21-9-13-25-24(16-21)28(38)36(35-34-25)17-20-8-12-23(26(20)29(39)40)27(37)19-6-10-22(11-7-19)41-15-14-18-4-2-1-3-5-18/h6-7,9-11,13,16,18,20,23,26H,1-5,8,12,14-15,17H2,(H,39,40). The summed E-state index contributed by atoms with van der Waals surface area (Å²) in [6, 6.07) is 9.34. The smallest absolute Gasteiger partial charge is 0.416 e. The van der Waals surface area contributed by atoms with Crippen LogP contribution in [0.2, 0.25) is 0 Å². The molecule has 0 amide bonds. The summed E-state index contributed by atoms with van der Waals surface area (Å²) in [7, 11) is 0. The zero-order valence-corrected chi connectivity index (χ0v) is 22.5. The van der Waals surface area contributed by atoms with Crippen LogP contribution in [-0.2, 0) is 17.5 Å². The van der Waals surface area contributed by atoms with Gasteiger partial charge in [0.2, 0.25) is 0 Å². The van der Waals surface area contributed by atoms with Crippen molar-refractivity contribution in [2.24, 2.45) is 23.7 Å². The van der Waals surface area contributed by atoms with Crippen LogP contribution in [0.5, 0.6) is 5.75 Å². The Labute approximate surface area is 234 Å². The summed E-state index contributed by atoms with van der Waals surface area (Å²) in [6.07, 6.45) is 3.33. The normalized spacial score (nSPS) is 21.7. The van der Waals surface area contributed by atoms with E-state index in [4.69, 9.17) is 4.74 Å². The second kappa shape index (κ2) is 12.0. The Morgan fingerprint density at radius 2 is 1.73 bits per heavy atom. The highest BCUT2D eigenvalue weighted by atomic mass is 19.4. The van der Waals surface area contributed by atoms with Crippen LogP contribution in [-0.4, -0.2) is 38.5 Å². The minimum absolute atomic E-state index is 0.00919. The Kier molecular flexibility index (Phi) is 8.42. The third kappa shape index (κ3) is 6.44. The van der Waals surface area contributed by atoms with Gasteiger partial charge in [-0.1, -0.05) is 37.3 Å². The molecule has 41 heavy (non-hydrogen) atoms. The molecule has 0 spiro atoms. The maximum atomic E-state index is 13.4. The summed E-state index contributed by atoms with van der Waals surface area (Å²) in [5.41, 5.74) is -1.39. The quantitative estimate of drug-likeness (QED) is 0.325. The van der Waals surface area contributed by atoms with Crippen molar-refractivity contribution in [2.75, 3.05) is 6.61 Å². The largest absolute Gasteiger partial charge is 0.494 e. The van der Waals surface area contributed by atoms with Gasteiger partial charge in [0, 0.05) is 11.5 Å². The Bertz CT molecular complexity index is 1460. The number of aliphatic carboxylic acids is 1. The lowest BCUT2D eigenvalue weighted by Gasteiger charge is -2.21. The maximum Gasteiger partial charge on any atom is 0.416 e. The molecule has 0 aliphatic heterocycles. The van der Waals surface area contributed by atoms with Crippen molar-refractivity contribution in [1.29, 1.82) is 0 Å². The molecule has 11 heteroatoms. The minimum Gasteiger partial charge on any atom is -0.494 e. The fourth-order valence-corrected chi connectivity index (χ4v) is 6.30. The topological polar surface area (TPSA) is 111 Å². The molecular weight excluding hydrogens is 539 g/mol. The number of ketones is 1. The molecule has 1 aromatic heterocycles. The van der Waals surface area contributed by atoms with Crippen molar-refractivity contribution >= 4 is 22.7 Å². The van der Waals surface area contributed by atoms with E-state index in [2.05, 4.69) is 10.3 Å². The third-order valence-electron chi connectivity index (χ3n) is 8.53. The number of carbonyl (C=O) groups is 2. The SMILES string of the molecule is O=C(c1ccc(OCCC2CCCCC2)cc1)C1CCC(Cn2nnc3ccc(C(F)(F)F)cc3c2=O)C1C(=O)O. The number of nitrogens with zero attached hydrogens (tertiary/aromatic N) is 3. The number of alkyl halides is 3. The van der Waals surface area contributed by atoms with E-state index < -0.39 is 41.0 Å². The third-order valence-corrected chi connectivity index (χ3v) is 8.53. The van der Waals surface area contributed by atoms with Crippen molar-refractivity contribution in [1.82, 2.24) is 15.0 Å². The number of carboxylic acid groups (broad SMARTS) is 1. The Balaban J connectivity index is 1.26. The first-order valence-corrected chi connectivity index (χ1v) is 14.1. The number of hydrogen-bond acceptors (Lipinski definition) is 6. The van der Waals surface area contributed by atoms with Gasteiger partial charge in [-0.05, 0) is 73.6 Å². The van der Waals surface area contributed by atoms with E-state index in [0.29, 0.717) is 36.7 Å². The fourth-order valence-electron chi connectivity index (χ4n) is 6.30. The molecule has 3 aromatic rings. The van der Waals surface area contributed by atoms with Gasteiger partial charge >= 0.3 is 12.1 Å². The van der Waals surface area contributed by atoms with Crippen LogP contribution >= 0.6 is 0 Å².